The van der Waals surface area contributed by atoms with Gasteiger partial charge in [-0.3, -0.25) is 9.69 Å². The smallest absolute Gasteiger partial charge is 0.239 e. The van der Waals surface area contributed by atoms with Crippen LogP contribution in [0.1, 0.15) is 18.9 Å². The average Bonchev–Trinajstić information content (AvgIpc) is 2.60. The summed E-state index contributed by atoms with van der Waals surface area (Å²) in [5, 5.41) is 3.01. The zero-order valence-electron chi connectivity index (χ0n) is 15.4. The lowest BCUT2D eigenvalue weighted by Gasteiger charge is -2.37. The molecule has 1 aliphatic heterocycles. The summed E-state index contributed by atoms with van der Waals surface area (Å²) in [5.41, 5.74) is 7.09. The van der Waals surface area contributed by atoms with Gasteiger partial charge in [-0.1, -0.05) is 37.3 Å². The van der Waals surface area contributed by atoms with Gasteiger partial charge in [-0.2, -0.15) is 0 Å². The van der Waals surface area contributed by atoms with Crippen molar-refractivity contribution in [3.05, 3.63) is 35.9 Å². The molecule has 8 heteroatoms. The summed E-state index contributed by atoms with van der Waals surface area (Å²) in [6.45, 7) is 5.54. The largest absolute Gasteiger partial charge is 0.383 e. The maximum absolute atomic E-state index is 12.1. The Hall–Kier alpha value is -0.890. The van der Waals surface area contributed by atoms with Crippen molar-refractivity contribution in [2.75, 3.05) is 33.4 Å². The van der Waals surface area contributed by atoms with Gasteiger partial charge in [-0.15, -0.1) is 24.8 Å². The van der Waals surface area contributed by atoms with Gasteiger partial charge < -0.3 is 20.5 Å². The summed E-state index contributed by atoms with van der Waals surface area (Å²) >= 11 is 0. The maximum Gasteiger partial charge on any atom is 0.239 e. The highest BCUT2D eigenvalue weighted by Gasteiger charge is 2.29. The van der Waals surface area contributed by atoms with Crippen molar-refractivity contribution in [3.63, 3.8) is 0 Å². The fraction of sp³-hybridized carbons (Fsp3) is 0.611. The second kappa shape index (κ2) is 13.3. The molecule has 1 aromatic rings. The number of nitrogens with zero attached hydrogens (tertiary/aromatic N) is 1. The number of halogens is 2. The van der Waals surface area contributed by atoms with Crippen molar-refractivity contribution in [2.24, 2.45) is 5.73 Å². The first-order valence-electron chi connectivity index (χ1n) is 8.56. The Bertz CT molecular complexity index is 508. The molecule has 1 saturated heterocycles. The minimum atomic E-state index is -0.645. The van der Waals surface area contributed by atoms with Crippen LogP contribution in [0.4, 0.5) is 0 Å². The minimum Gasteiger partial charge on any atom is -0.383 e. The molecule has 0 aliphatic carbocycles. The molecule has 0 spiro atoms. The molecule has 3 N–H and O–H groups in total. The predicted molar refractivity (Wildman–Crippen MR) is 108 cm³/mol. The van der Waals surface area contributed by atoms with Crippen molar-refractivity contribution in [1.82, 2.24) is 10.2 Å². The van der Waals surface area contributed by atoms with Crippen LogP contribution in [0, 0.1) is 0 Å². The molecule has 1 fully saturated rings. The normalized spacial score (nSPS) is 19.6. The Balaban J connectivity index is 0.00000312. The van der Waals surface area contributed by atoms with Gasteiger partial charge >= 0.3 is 0 Å². The lowest BCUT2D eigenvalue weighted by Crippen LogP contribution is -2.56. The Morgan fingerprint density at radius 1 is 1.38 bits per heavy atom. The van der Waals surface area contributed by atoms with Crippen LogP contribution in [0.5, 0.6) is 0 Å². The highest BCUT2D eigenvalue weighted by atomic mass is 35.5. The van der Waals surface area contributed by atoms with Crippen LogP contribution < -0.4 is 11.1 Å². The van der Waals surface area contributed by atoms with Gasteiger partial charge in [-0.25, -0.2) is 0 Å². The summed E-state index contributed by atoms with van der Waals surface area (Å²) < 4.78 is 10.9. The van der Waals surface area contributed by atoms with Crippen molar-refractivity contribution >= 4 is 30.7 Å². The van der Waals surface area contributed by atoms with E-state index in [-0.39, 0.29) is 49.5 Å². The standard InChI is InChI=1S/C18H29N3O3.2ClH/c1-3-16(20-18(22)15(19)13-23-2)17-12-21(9-10-24-17)11-14-7-5-4-6-8-14;;/h4-8,15-17H,3,9-13,19H2,1-2H3,(H,20,22);2*1H. The number of nitrogens with one attached hydrogen (secondary N) is 1. The van der Waals surface area contributed by atoms with Gasteiger partial charge in [0.2, 0.25) is 5.91 Å². The van der Waals surface area contributed by atoms with E-state index in [1.54, 1.807) is 0 Å². The molecule has 26 heavy (non-hydrogen) atoms. The second-order valence-corrected chi connectivity index (χ2v) is 6.22. The maximum atomic E-state index is 12.1. The van der Waals surface area contributed by atoms with E-state index in [2.05, 4.69) is 34.5 Å². The number of rotatable bonds is 8. The summed E-state index contributed by atoms with van der Waals surface area (Å²) in [5.74, 6) is -0.188. The first-order chi connectivity index (χ1) is 11.6. The topological polar surface area (TPSA) is 76.8 Å². The third-order valence-corrected chi connectivity index (χ3v) is 4.33. The van der Waals surface area contributed by atoms with Crippen molar-refractivity contribution in [2.45, 2.75) is 38.1 Å². The number of ether oxygens (including phenoxy) is 2. The number of morpholine rings is 1. The molecule has 3 atom stereocenters. The number of carbonyl (C=O) groups excluding carboxylic acids is 1. The summed E-state index contributed by atoms with van der Waals surface area (Å²) in [4.78, 5) is 14.5. The Morgan fingerprint density at radius 2 is 2.08 bits per heavy atom. The predicted octanol–water partition coefficient (Wildman–Crippen LogP) is 1.60. The number of nitrogens with two attached hydrogens (primary N) is 1. The van der Waals surface area contributed by atoms with Crippen LogP contribution in [-0.4, -0.2) is 62.4 Å². The number of hydrogen-bond acceptors (Lipinski definition) is 5. The van der Waals surface area contributed by atoms with E-state index < -0.39 is 6.04 Å². The highest BCUT2D eigenvalue weighted by molar-refractivity contribution is 5.85. The molecule has 2 rings (SSSR count). The molecular weight excluding hydrogens is 377 g/mol. The lowest BCUT2D eigenvalue weighted by molar-refractivity contribution is -0.126. The van der Waals surface area contributed by atoms with Gasteiger partial charge in [0, 0.05) is 26.7 Å². The quantitative estimate of drug-likeness (QED) is 0.684. The van der Waals surface area contributed by atoms with Gasteiger partial charge in [0.25, 0.3) is 0 Å². The monoisotopic (exact) mass is 407 g/mol. The molecule has 1 heterocycles. The SMILES string of the molecule is CCC(NC(=O)C(N)COC)C1CN(Cc2ccccc2)CCO1.Cl.Cl. The Labute approximate surface area is 168 Å². The van der Waals surface area contributed by atoms with Crippen LogP contribution in [0.3, 0.4) is 0 Å². The van der Waals surface area contributed by atoms with E-state index in [9.17, 15) is 4.79 Å². The van der Waals surface area contributed by atoms with Gasteiger partial charge in [0.15, 0.2) is 0 Å². The number of carbonyl (C=O) groups is 1. The van der Waals surface area contributed by atoms with Crippen LogP contribution >= 0.6 is 24.8 Å². The highest BCUT2D eigenvalue weighted by Crippen LogP contribution is 2.14. The zero-order chi connectivity index (χ0) is 17.4. The third kappa shape index (κ3) is 7.78. The Kier molecular flexibility index (Phi) is 12.8. The molecule has 0 saturated carbocycles. The Morgan fingerprint density at radius 3 is 2.69 bits per heavy atom. The summed E-state index contributed by atoms with van der Waals surface area (Å²) in [7, 11) is 1.54. The average molecular weight is 408 g/mol. The summed E-state index contributed by atoms with van der Waals surface area (Å²) in [6.07, 6.45) is 0.779. The lowest BCUT2D eigenvalue weighted by atomic mass is 10.1. The van der Waals surface area contributed by atoms with Crippen LogP contribution in [0.2, 0.25) is 0 Å². The fourth-order valence-corrected chi connectivity index (χ4v) is 2.96. The van der Waals surface area contributed by atoms with E-state index >= 15 is 0 Å². The molecule has 6 nitrogen and oxygen atoms in total. The molecular formula is C18H31Cl2N3O3. The van der Waals surface area contributed by atoms with Gasteiger partial charge in [0.1, 0.15) is 6.04 Å². The van der Waals surface area contributed by atoms with Gasteiger partial charge in [-0.05, 0) is 12.0 Å². The van der Waals surface area contributed by atoms with Crippen LogP contribution in [0.25, 0.3) is 0 Å². The molecule has 0 aromatic heterocycles. The van der Waals surface area contributed by atoms with E-state index in [1.165, 1.54) is 12.7 Å². The number of benzene rings is 1. The molecule has 1 amide bonds. The summed E-state index contributed by atoms with van der Waals surface area (Å²) in [6, 6.07) is 9.71. The minimum absolute atomic E-state index is 0. The van der Waals surface area contributed by atoms with E-state index in [4.69, 9.17) is 15.2 Å². The molecule has 0 radical (unpaired) electrons. The number of amides is 1. The molecule has 0 bridgehead atoms. The van der Waals surface area contributed by atoms with E-state index in [0.29, 0.717) is 6.61 Å². The van der Waals surface area contributed by atoms with Crippen molar-refractivity contribution < 1.29 is 14.3 Å². The van der Waals surface area contributed by atoms with Crippen LogP contribution in [0.15, 0.2) is 30.3 Å². The van der Waals surface area contributed by atoms with Gasteiger partial charge in [0.05, 0.1) is 25.4 Å². The zero-order valence-corrected chi connectivity index (χ0v) is 17.1. The number of methoxy groups -OCH3 is 1. The second-order valence-electron chi connectivity index (χ2n) is 6.22. The first kappa shape index (κ1) is 25.1. The molecule has 3 unspecified atom stereocenters. The van der Waals surface area contributed by atoms with Crippen molar-refractivity contribution in [1.29, 1.82) is 0 Å². The third-order valence-electron chi connectivity index (χ3n) is 4.33. The van der Waals surface area contributed by atoms with E-state index in [1.807, 2.05) is 13.0 Å². The van der Waals surface area contributed by atoms with E-state index in [0.717, 1.165) is 26.1 Å². The van der Waals surface area contributed by atoms with Crippen molar-refractivity contribution in [3.8, 4) is 0 Å². The number of hydrogen-bond donors (Lipinski definition) is 2. The molecule has 150 valence electrons. The fourth-order valence-electron chi connectivity index (χ4n) is 2.96. The van der Waals surface area contributed by atoms with Crippen LogP contribution in [-0.2, 0) is 20.8 Å². The molecule has 1 aliphatic rings. The molecule has 1 aromatic carbocycles. The first-order valence-corrected chi connectivity index (χ1v) is 8.56.